The minimum atomic E-state index is -0.686. The van der Waals surface area contributed by atoms with E-state index in [1.165, 1.54) is 0 Å². The van der Waals surface area contributed by atoms with Crippen LogP contribution in [0, 0.1) is 5.92 Å². The highest BCUT2D eigenvalue weighted by atomic mass is 16.3. The van der Waals surface area contributed by atoms with E-state index in [2.05, 4.69) is 16.9 Å². The van der Waals surface area contributed by atoms with Gasteiger partial charge in [-0.3, -0.25) is 9.78 Å². The van der Waals surface area contributed by atoms with Gasteiger partial charge in [0.25, 0.3) is 0 Å². The second-order valence-electron chi connectivity index (χ2n) is 7.51. The lowest BCUT2D eigenvalue weighted by atomic mass is 9.93. The van der Waals surface area contributed by atoms with Crippen molar-refractivity contribution in [2.45, 2.75) is 31.9 Å². The fourth-order valence-electron chi connectivity index (χ4n) is 3.59. The predicted octanol–water partition coefficient (Wildman–Crippen LogP) is 2.88. The molecule has 2 heterocycles. The van der Waals surface area contributed by atoms with Crippen molar-refractivity contribution in [3.63, 3.8) is 0 Å². The summed E-state index contributed by atoms with van der Waals surface area (Å²) in [7, 11) is 2.13. The number of hydrogen-bond acceptors (Lipinski definition) is 4. The molecule has 0 aliphatic carbocycles. The van der Waals surface area contributed by atoms with Crippen LogP contribution in [0.1, 0.15) is 36.5 Å². The molecule has 0 saturated carbocycles. The monoisotopic (exact) mass is 367 g/mol. The fourth-order valence-corrected chi connectivity index (χ4v) is 3.59. The van der Waals surface area contributed by atoms with Crippen molar-refractivity contribution < 1.29 is 9.90 Å². The van der Waals surface area contributed by atoms with E-state index in [4.69, 9.17) is 0 Å². The average Bonchev–Trinajstić information content (AvgIpc) is 2.70. The molecule has 1 saturated heterocycles. The second-order valence-corrected chi connectivity index (χ2v) is 7.51. The smallest absolute Gasteiger partial charge is 0.223 e. The number of benzene rings is 1. The Labute approximate surface area is 161 Å². The maximum Gasteiger partial charge on any atom is 0.223 e. The molecule has 1 aromatic carbocycles. The Morgan fingerprint density at radius 1 is 1.19 bits per heavy atom. The summed E-state index contributed by atoms with van der Waals surface area (Å²) in [6, 6.07) is 13.4. The third-order valence-electron chi connectivity index (χ3n) is 5.35. The number of aliphatic hydroxyl groups is 1. The number of nitrogens with zero attached hydrogens (tertiary/aromatic N) is 3. The molecule has 2 aromatic rings. The summed E-state index contributed by atoms with van der Waals surface area (Å²) in [5.74, 6) is 0.554. The van der Waals surface area contributed by atoms with E-state index < -0.39 is 6.10 Å². The zero-order valence-corrected chi connectivity index (χ0v) is 16.0. The highest BCUT2D eigenvalue weighted by Gasteiger charge is 2.24. The van der Waals surface area contributed by atoms with Gasteiger partial charge < -0.3 is 14.9 Å². The number of rotatable bonds is 7. The van der Waals surface area contributed by atoms with Crippen molar-refractivity contribution in [2.75, 3.05) is 26.7 Å². The number of carbonyl (C=O) groups is 1. The molecule has 1 unspecified atom stereocenters. The molecular formula is C22H29N3O2. The van der Waals surface area contributed by atoms with Crippen LogP contribution < -0.4 is 0 Å². The number of amides is 1. The van der Waals surface area contributed by atoms with E-state index in [-0.39, 0.29) is 5.91 Å². The Kier molecular flexibility index (Phi) is 6.96. The van der Waals surface area contributed by atoms with E-state index in [9.17, 15) is 9.90 Å². The normalized spacial score (nSPS) is 16.8. The summed E-state index contributed by atoms with van der Waals surface area (Å²) in [4.78, 5) is 21.2. The van der Waals surface area contributed by atoms with Crippen LogP contribution in [-0.4, -0.2) is 52.5 Å². The lowest BCUT2D eigenvalue weighted by molar-refractivity contribution is -0.134. The van der Waals surface area contributed by atoms with Crippen LogP contribution in [0.3, 0.4) is 0 Å². The van der Waals surface area contributed by atoms with Gasteiger partial charge in [-0.1, -0.05) is 30.3 Å². The number of piperidine rings is 1. The molecule has 0 spiro atoms. The van der Waals surface area contributed by atoms with Gasteiger partial charge in [-0.2, -0.15) is 0 Å². The Morgan fingerprint density at radius 2 is 1.85 bits per heavy atom. The molecule has 144 valence electrons. The molecule has 5 heteroatoms. The number of carbonyl (C=O) groups excluding carboxylic acids is 1. The summed E-state index contributed by atoms with van der Waals surface area (Å²) >= 11 is 0. The van der Waals surface area contributed by atoms with E-state index in [0.29, 0.717) is 25.4 Å². The topological polar surface area (TPSA) is 56.7 Å². The van der Waals surface area contributed by atoms with E-state index in [0.717, 1.165) is 37.1 Å². The van der Waals surface area contributed by atoms with Crippen LogP contribution in [0.2, 0.25) is 0 Å². The van der Waals surface area contributed by atoms with Gasteiger partial charge in [-0.05, 0) is 62.2 Å². The first-order valence-electron chi connectivity index (χ1n) is 9.70. The summed E-state index contributed by atoms with van der Waals surface area (Å²) in [5, 5.41) is 10.6. The molecule has 1 N–H and O–H groups in total. The van der Waals surface area contributed by atoms with Crippen LogP contribution in [0.25, 0.3) is 0 Å². The van der Waals surface area contributed by atoms with Crippen molar-refractivity contribution in [1.82, 2.24) is 14.8 Å². The van der Waals surface area contributed by atoms with Crippen molar-refractivity contribution in [1.29, 1.82) is 0 Å². The summed E-state index contributed by atoms with van der Waals surface area (Å²) in [6.07, 6.45) is 5.47. The maximum absolute atomic E-state index is 13.0. The highest BCUT2D eigenvalue weighted by molar-refractivity contribution is 5.76. The molecule has 27 heavy (non-hydrogen) atoms. The Bertz CT molecular complexity index is 700. The third kappa shape index (κ3) is 5.88. The van der Waals surface area contributed by atoms with Crippen LogP contribution >= 0.6 is 0 Å². The number of pyridine rings is 1. The Balaban J connectivity index is 1.67. The number of hydrogen-bond donors (Lipinski definition) is 1. The van der Waals surface area contributed by atoms with E-state index >= 15 is 0 Å². The van der Waals surface area contributed by atoms with Gasteiger partial charge >= 0.3 is 0 Å². The summed E-state index contributed by atoms with van der Waals surface area (Å²) in [6.45, 7) is 2.90. The second kappa shape index (κ2) is 9.62. The molecule has 3 rings (SSSR count). The van der Waals surface area contributed by atoms with Gasteiger partial charge in [0.1, 0.15) is 0 Å². The van der Waals surface area contributed by atoms with Crippen molar-refractivity contribution in [2.24, 2.45) is 5.92 Å². The Hall–Kier alpha value is -2.24. The van der Waals surface area contributed by atoms with Gasteiger partial charge in [0, 0.05) is 25.4 Å². The first-order valence-corrected chi connectivity index (χ1v) is 9.70. The van der Waals surface area contributed by atoms with Crippen LogP contribution in [0.15, 0.2) is 54.9 Å². The molecule has 1 aliphatic heterocycles. The molecule has 0 radical (unpaired) electrons. The number of aromatic nitrogens is 1. The van der Waals surface area contributed by atoms with E-state index in [1.807, 2.05) is 42.5 Å². The highest BCUT2D eigenvalue weighted by Crippen LogP contribution is 2.22. The van der Waals surface area contributed by atoms with Crippen molar-refractivity contribution in [3.05, 3.63) is 66.0 Å². The largest absolute Gasteiger partial charge is 0.387 e. The van der Waals surface area contributed by atoms with Gasteiger partial charge in [-0.15, -0.1) is 0 Å². The van der Waals surface area contributed by atoms with Crippen molar-refractivity contribution in [3.8, 4) is 0 Å². The maximum atomic E-state index is 13.0. The number of aliphatic hydroxyl groups excluding tert-OH is 1. The minimum Gasteiger partial charge on any atom is -0.387 e. The lowest BCUT2D eigenvalue weighted by Gasteiger charge is -2.31. The van der Waals surface area contributed by atoms with Gasteiger partial charge in [0.2, 0.25) is 5.91 Å². The molecule has 0 bridgehead atoms. The molecule has 1 aromatic heterocycles. The average molecular weight is 367 g/mol. The Morgan fingerprint density at radius 3 is 2.52 bits per heavy atom. The van der Waals surface area contributed by atoms with E-state index in [1.54, 1.807) is 17.3 Å². The minimum absolute atomic E-state index is 0.122. The third-order valence-corrected chi connectivity index (χ3v) is 5.35. The standard InChI is InChI=1S/C22H29N3O2/c1-24-13-9-18(10-14-24)15-22(27)25(16-19-7-11-23-12-8-19)17-21(26)20-5-3-2-4-6-20/h2-8,11-12,18,21,26H,9-10,13-17H2,1H3. The molecule has 5 nitrogen and oxygen atoms in total. The molecule has 1 fully saturated rings. The fraction of sp³-hybridized carbons (Fsp3) is 0.455. The molecule has 1 amide bonds. The molecule has 1 atom stereocenters. The number of likely N-dealkylation sites (tertiary alicyclic amines) is 1. The van der Waals surface area contributed by atoms with Crippen LogP contribution in [-0.2, 0) is 11.3 Å². The van der Waals surface area contributed by atoms with Crippen LogP contribution in [0.4, 0.5) is 0 Å². The lowest BCUT2D eigenvalue weighted by Crippen LogP contribution is -2.37. The molecule has 1 aliphatic rings. The summed E-state index contributed by atoms with van der Waals surface area (Å²) < 4.78 is 0. The van der Waals surface area contributed by atoms with Gasteiger partial charge in [0.05, 0.1) is 12.6 Å². The zero-order valence-electron chi connectivity index (χ0n) is 16.0. The molecular weight excluding hydrogens is 338 g/mol. The first-order chi connectivity index (χ1) is 13.1. The van der Waals surface area contributed by atoms with Crippen molar-refractivity contribution >= 4 is 5.91 Å². The van der Waals surface area contributed by atoms with Crippen LogP contribution in [0.5, 0.6) is 0 Å². The predicted molar refractivity (Wildman–Crippen MR) is 106 cm³/mol. The zero-order chi connectivity index (χ0) is 19.1. The first kappa shape index (κ1) is 19.5. The quantitative estimate of drug-likeness (QED) is 0.818. The van der Waals surface area contributed by atoms with Gasteiger partial charge in [0.15, 0.2) is 0 Å². The van der Waals surface area contributed by atoms with Gasteiger partial charge in [-0.25, -0.2) is 0 Å². The summed E-state index contributed by atoms with van der Waals surface area (Å²) in [5.41, 5.74) is 1.87. The SMILES string of the molecule is CN1CCC(CC(=O)N(Cc2ccncc2)CC(O)c2ccccc2)CC1.